The van der Waals surface area contributed by atoms with Gasteiger partial charge in [0.15, 0.2) is 5.60 Å². The lowest BCUT2D eigenvalue weighted by Crippen LogP contribution is -2.43. The van der Waals surface area contributed by atoms with Crippen molar-refractivity contribution in [3.63, 3.8) is 0 Å². The van der Waals surface area contributed by atoms with Gasteiger partial charge in [-0.1, -0.05) is 72.8 Å². The Morgan fingerprint density at radius 3 is 1.84 bits per heavy atom. The second-order valence-electron chi connectivity index (χ2n) is 7.88. The molecule has 4 heteroatoms. The van der Waals surface area contributed by atoms with Gasteiger partial charge >= 0.3 is 0 Å². The molecule has 1 atom stereocenters. The highest BCUT2D eigenvalue weighted by Crippen LogP contribution is 2.48. The number of aryl methyl sites for hydroxylation is 1. The molecule has 4 aromatic carbocycles. The molecular weight excluding hydrogens is 406 g/mol. The molecule has 1 unspecified atom stereocenters. The Balaban J connectivity index is 1.62. The minimum atomic E-state index is -1.06. The van der Waals surface area contributed by atoms with Crippen LogP contribution in [0.15, 0.2) is 103 Å². The third-order valence-corrected chi connectivity index (χ3v) is 5.85. The van der Waals surface area contributed by atoms with E-state index in [2.05, 4.69) is 12.1 Å². The largest absolute Gasteiger partial charge is 0.464 e. The number of rotatable bonds is 5. The summed E-state index contributed by atoms with van der Waals surface area (Å²) < 4.78 is 40.5. The van der Waals surface area contributed by atoms with Crippen LogP contribution in [0.1, 0.15) is 28.7 Å². The minimum Gasteiger partial charge on any atom is -0.464 e. The molecule has 0 spiro atoms. The van der Waals surface area contributed by atoms with E-state index in [1.54, 1.807) is 24.3 Å². The van der Waals surface area contributed by atoms with Gasteiger partial charge < -0.3 is 9.47 Å². The smallest absolute Gasteiger partial charge is 0.201 e. The fraction of sp³-hybridized carbons (Fsp3) is 0.143. The van der Waals surface area contributed by atoms with Crippen molar-refractivity contribution < 1.29 is 18.3 Å². The van der Waals surface area contributed by atoms with Crippen LogP contribution < -0.4 is 4.74 Å². The van der Waals surface area contributed by atoms with Crippen LogP contribution in [0.2, 0.25) is 0 Å². The lowest BCUT2D eigenvalue weighted by molar-refractivity contribution is -0.165. The van der Waals surface area contributed by atoms with Crippen molar-refractivity contribution in [1.82, 2.24) is 0 Å². The summed E-state index contributed by atoms with van der Waals surface area (Å²) in [6, 6.07) is 30.4. The molecule has 0 saturated heterocycles. The van der Waals surface area contributed by atoms with E-state index >= 15 is 0 Å². The van der Waals surface area contributed by atoms with Gasteiger partial charge in [0.05, 0.1) is 0 Å². The van der Waals surface area contributed by atoms with E-state index < -0.39 is 11.9 Å². The molecule has 0 saturated carbocycles. The normalized spacial score (nSPS) is 16.8. The molecule has 1 aliphatic rings. The van der Waals surface area contributed by atoms with Crippen LogP contribution in [0.5, 0.6) is 5.75 Å². The Bertz CT molecular complexity index is 1140. The van der Waals surface area contributed by atoms with Crippen molar-refractivity contribution in [3.05, 3.63) is 137 Å². The van der Waals surface area contributed by atoms with Gasteiger partial charge in [0.1, 0.15) is 17.4 Å². The number of ether oxygens (including phenoxy) is 2. The van der Waals surface area contributed by atoms with Crippen molar-refractivity contribution in [2.24, 2.45) is 0 Å². The molecule has 4 aromatic rings. The van der Waals surface area contributed by atoms with Crippen molar-refractivity contribution >= 4 is 0 Å². The zero-order chi connectivity index (χ0) is 22.0. The van der Waals surface area contributed by atoms with Gasteiger partial charge in [-0.25, -0.2) is 8.78 Å². The highest BCUT2D eigenvalue weighted by Gasteiger charge is 2.45. The number of benzene rings is 4. The van der Waals surface area contributed by atoms with Crippen molar-refractivity contribution in [1.29, 1.82) is 0 Å². The molecule has 0 amide bonds. The fourth-order valence-electron chi connectivity index (χ4n) is 4.32. The van der Waals surface area contributed by atoms with Gasteiger partial charge in [-0.05, 0) is 53.4 Å². The number of para-hydroxylation sites is 1. The Labute approximate surface area is 186 Å². The Kier molecular flexibility index (Phi) is 5.46. The third-order valence-electron chi connectivity index (χ3n) is 5.85. The molecule has 0 aromatic heterocycles. The van der Waals surface area contributed by atoms with Gasteiger partial charge in [-0.3, -0.25) is 0 Å². The Hall–Kier alpha value is -3.50. The maximum Gasteiger partial charge on any atom is 0.201 e. The highest BCUT2D eigenvalue weighted by molar-refractivity contribution is 5.54. The number of halogens is 2. The third kappa shape index (κ3) is 3.78. The molecule has 0 radical (unpaired) electrons. The average molecular weight is 428 g/mol. The zero-order valence-electron chi connectivity index (χ0n) is 17.4. The number of fused-ring (bicyclic) bond motifs is 1. The monoisotopic (exact) mass is 428 g/mol. The average Bonchev–Trinajstić information content (AvgIpc) is 2.84. The fourth-order valence-corrected chi connectivity index (χ4v) is 4.32. The van der Waals surface area contributed by atoms with Gasteiger partial charge in [0.25, 0.3) is 0 Å². The minimum absolute atomic E-state index is 0.330. The summed E-state index contributed by atoms with van der Waals surface area (Å²) in [6.07, 6.45) is 0.860. The van der Waals surface area contributed by atoms with Gasteiger partial charge in [-0.2, -0.15) is 0 Å². The second-order valence-corrected chi connectivity index (χ2v) is 7.88. The number of hydrogen-bond donors (Lipinski definition) is 0. The van der Waals surface area contributed by atoms with Crippen LogP contribution in [0, 0.1) is 11.6 Å². The van der Waals surface area contributed by atoms with Gasteiger partial charge in [0.2, 0.25) is 6.29 Å². The zero-order valence-corrected chi connectivity index (χ0v) is 17.4. The van der Waals surface area contributed by atoms with Crippen molar-refractivity contribution in [2.45, 2.75) is 24.7 Å². The summed E-state index contributed by atoms with van der Waals surface area (Å²) in [5, 5.41) is 0. The van der Waals surface area contributed by atoms with Gasteiger partial charge in [-0.15, -0.1) is 0 Å². The molecule has 2 nitrogen and oxygen atoms in total. The maximum atomic E-state index is 13.8. The Morgan fingerprint density at radius 2 is 1.22 bits per heavy atom. The molecular formula is C28H22F2O2. The summed E-state index contributed by atoms with van der Waals surface area (Å²) >= 11 is 0. The maximum absolute atomic E-state index is 13.8. The second kappa shape index (κ2) is 8.56. The molecule has 5 rings (SSSR count). The lowest BCUT2D eigenvalue weighted by atomic mass is 9.79. The van der Waals surface area contributed by atoms with Crippen LogP contribution in [-0.4, -0.2) is 6.29 Å². The topological polar surface area (TPSA) is 18.5 Å². The van der Waals surface area contributed by atoms with E-state index in [1.165, 1.54) is 29.8 Å². The van der Waals surface area contributed by atoms with Crippen molar-refractivity contribution in [3.8, 4) is 5.75 Å². The van der Waals surface area contributed by atoms with Crippen LogP contribution in [0.25, 0.3) is 0 Å². The van der Waals surface area contributed by atoms with E-state index in [1.807, 2.05) is 42.5 Å². The SMILES string of the molecule is Fc1ccc(C2(c3ccc(F)cc3)OC(CCc3ccccc3)Oc3ccccc32)cc1. The first kappa shape index (κ1) is 20.4. The first-order valence-corrected chi connectivity index (χ1v) is 10.7. The van der Waals surface area contributed by atoms with Gasteiger partial charge in [0, 0.05) is 12.0 Å². The molecule has 0 N–H and O–H groups in total. The molecule has 0 bridgehead atoms. The summed E-state index contributed by atoms with van der Waals surface area (Å²) in [5.74, 6) is 0.0402. The van der Waals surface area contributed by atoms with E-state index in [0.29, 0.717) is 12.2 Å². The highest BCUT2D eigenvalue weighted by atomic mass is 19.1. The van der Waals surface area contributed by atoms with Crippen LogP contribution in [0.4, 0.5) is 8.78 Å². The predicted octanol–water partition coefficient (Wildman–Crippen LogP) is 6.62. The van der Waals surface area contributed by atoms with Crippen LogP contribution >= 0.6 is 0 Å². The molecule has 0 fully saturated rings. The molecule has 32 heavy (non-hydrogen) atoms. The van der Waals surface area contributed by atoms with E-state index in [9.17, 15) is 8.78 Å². The lowest BCUT2D eigenvalue weighted by Gasteiger charge is -2.43. The Morgan fingerprint density at radius 1 is 0.656 bits per heavy atom. The van der Waals surface area contributed by atoms with E-state index in [-0.39, 0.29) is 11.6 Å². The predicted molar refractivity (Wildman–Crippen MR) is 119 cm³/mol. The first-order chi connectivity index (χ1) is 15.6. The standard InChI is InChI=1S/C28H22F2O2/c29-23-15-11-21(12-16-23)28(22-13-17-24(30)18-14-22)25-8-4-5-9-26(25)31-27(32-28)19-10-20-6-2-1-3-7-20/h1-9,11-18,27H,10,19H2. The van der Waals surface area contributed by atoms with E-state index in [0.717, 1.165) is 23.1 Å². The molecule has 0 aliphatic carbocycles. The number of hydrogen-bond acceptors (Lipinski definition) is 2. The van der Waals surface area contributed by atoms with E-state index in [4.69, 9.17) is 9.47 Å². The summed E-state index contributed by atoms with van der Waals surface area (Å²) in [7, 11) is 0. The summed E-state index contributed by atoms with van der Waals surface area (Å²) in [6.45, 7) is 0. The molecule has 160 valence electrons. The summed E-state index contributed by atoms with van der Waals surface area (Å²) in [4.78, 5) is 0. The van der Waals surface area contributed by atoms with Crippen LogP contribution in [0.3, 0.4) is 0 Å². The summed E-state index contributed by atoms with van der Waals surface area (Å²) in [5.41, 5.74) is 2.44. The van der Waals surface area contributed by atoms with Crippen LogP contribution in [-0.2, 0) is 16.8 Å². The molecule has 1 aliphatic heterocycles. The first-order valence-electron chi connectivity index (χ1n) is 10.7. The van der Waals surface area contributed by atoms with Crippen molar-refractivity contribution in [2.75, 3.05) is 0 Å². The molecule has 1 heterocycles. The quantitative estimate of drug-likeness (QED) is 0.355.